The summed E-state index contributed by atoms with van der Waals surface area (Å²) in [6.07, 6.45) is 2.41. The van der Waals surface area contributed by atoms with E-state index in [2.05, 4.69) is 37.7 Å². The minimum Gasteiger partial charge on any atom is -0.309 e. The van der Waals surface area contributed by atoms with E-state index in [1.807, 2.05) is 5.38 Å². The van der Waals surface area contributed by atoms with Crippen LogP contribution in [0, 0.1) is 10.8 Å². The Morgan fingerprint density at radius 2 is 1.86 bits per heavy atom. The fourth-order valence-electron chi connectivity index (χ4n) is 2.93. The van der Waals surface area contributed by atoms with Crippen LogP contribution in [0.1, 0.15) is 45.4 Å². The zero-order valence-electron chi connectivity index (χ0n) is 13.1. The lowest BCUT2D eigenvalue weighted by molar-refractivity contribution is 0.457. The first-order valence-corrected chi connectivity index (χ1v) is 9.84. The normalized spacial score (nSPS) is 24.2. The summed E-state index contributed by atoms with van der Waals surface area (Å²) in [6.45, 7) is 9.11. The molecule has 3 rings (SSSR count). The molecule has 0 atom stereocenters. The van der Waals surface area contributed by atoms with E-state index in [0.717, 1.165) is 4.88 Å². The molecule has 1 aromatic rings. The number of thiophene rings is 1. The van der Waals surface area contributed by atoms with Crippen LogP contribution in [0.25, 0.3) is 0 Å². The lowest BCUT2D eigenvalue weighted by atomic mass is 10.0. The van der Waals surface area contributed by atoms with Crippen molar-refractivity contribution in [1.82, 2.24) is 10.0 Å². The summed E-state index contributed by atoms with van der Waals surface area (Å²) >= 11 is 1.51. The molecular weight excluding hydrogens is 304 g/mol. The Balaban J connectivity index is 1.75. The highest BCUT2D eigenvalue weighted by molar-refractivity contribution is 7.89. The van der Waals surface area contributed by atoms with Crippen LogP contribution in [0.4, 0.5) is 0 Å². The van der Waals surface area contributed by atoms with Crippen LogP contribution in [0.5, 0.6) is 0 Å². The van der Waals surface area contributed by atoms with Crippen molar-refractivity contribution in [3.63, 3.8) is 0 Å². The Kier molecular flexibility index (Phi) is 3.52. The molecule has 2 N–H and O–H groups in total. The van der Waals surface area contributed by atoms with Crippen molar-refractivity contribution in [2.45, 2.75) is 64.1 Å². The molecule has 0 spiro atoms. The third kappa shape index (κ3) is 2.67. The summed E-state index contributed by atoms with van der Waals surface area (Å²) in [6, 6.07) is 2.30. The van der Waals surface area contributed by atoms with Crippen molar-refractivity contribution in [1.29, 1.82) is 0 Å². The van der Waals surface area contributed by atoms with Crippen molar-refractivity contribution < 1.29 is 8.42 Å². The van der Waals surface area contributed by atoms with Crippen molar-refractivity contribution in [2.75, 3.05) is 0 Å². The monoisotopic (exact) mass is 328 g/mol. The largest absolute Gasteiger partial charge is 0.309 e. The van der Waals surface area contributed by atoms with Gasteiger partial charge in [0.05, 0.1) is 4.90 Å². The molecule has 6 heteroatoms. The van der Waals surface area contributed by atoms with E-state index in [4.69, 9.17) is 0 Å². The van der Waals surface area contributed by atoms with Gasteiger partial charge in [-0.15, -0.1) is 11.3 Å². The van der Waals surface area contributed by atoms with E-state index in [1.165, 1.54) is 24.2 Å². The van der Waals surface area contributed by atoms with Gasteiger partial charge in [-0.05, 0) is 35.1 Å². The van der Waals surface area contributed by atoms with Gasteiger partial charge >= 0.3 is 0 Å². The quantitative estimate of drug-likeness (QED) is 0.844. The van der Waals surface area contributed by atoms with E-state index in [0.29, 0.717) is 17.5 Å². The predicted octanol–water partition coefficient (Wildman–Crippen LogP) is 2.71. The summed E-state index contributed by atoms with van der Waals surface area (Å²) < 4.78 is 28.2. The summed E-state index contributed by atoms with van der Waals surface area (Å²) in [5.41, 5.74) is 0.00499. The van der Waals surface area contributed by atoms with Gasteiger partial charge in [0.2, 0.25) is 10.0 Å². The molecule has 2 aliphatic rings. The lowest BCUT2D eigenvalue weighted by Crippen LogP contribution is -2.30. The lowest BCUT2D eigenvalue weighted by Gasteiger charge is -2.09. The second-order valence-corrected chi connectivity index (χ2v) is 10.0. The maximum Gasteiger partial charge on any atom is 0.242 e. The van der Waals surface area contributed by atoms with E-state index in [1.54, 1.807) is 6.07 Å². The van der Waals surface area contributed by atoms with Gasteiger partial charge in [-0.1, -0.05) is 27.7 Å². The summed E-state index contributed by atoms with van der Waals surface area (Å²) in [7, 11) is -3.43. The summed E-state index contributed by atoms with van der Waals surface area (Å²) in [5, 5.41) is 5.25. The molecule has 0 radical (unpaired) electrons. The molecule has 0 bridgehead atoms. The summed E-state index contributed by atoms with van der Waals surface area (Å²) in [5.74, 6) is 0. The van der Waals surface area contributed by atoms with Gasteiger partial charge in [-0.2, -0.15) is 0 Å². The van der Waals surface area contributed by atoms with Gasteiger partial charge in [-0.25, -0.2) is 13.1 Å². The van der Waals surface area contributed by atoms with E-state index >= 15 is 0 Å². The van der Waals surface area contributed by atoms with E-state index < -0.39 is 10.0 Å². The van der Waals surface area contributed by atoms with Crippen LogP contribution in [0.15, 0.2) is 16.3 Å². The highest BCUT2D eigenvalue weighted by Crippen LogP contribution is 2.63. The standard InChI is InChI=1S/C15H24N2O2S2/c1-14(2)13(15(14,3)4)17-21(18,19)12-7-8-20-11(12)9-16-10-5-6-10/h7-8,10,13,16-17H,5-6,9H2,1-4H3. The molecule has 0 saturated heterocycles. The maximum atomic E-state index is 12.7. The Morgan fingerprint density at radius 1 is 1.24 bits per heavy atom. The third-order valence-corrected chi connectivity index (χ3v) is 7.97. The zero-order valence-corrected chi connectivity index (χ0v) is 14.7. The Labute approximate surface area is 131 Å². The van der Waals surface area contributed by atoms with Gasteiger partial charge in [0.25, 0.3) is 0 Å². The van der Waals surface area contributed by atoms with Crippen molar-refractivity contribution in [3.05, 3.63) is 16.3 Å². The number of rotatable bonds is 6. The molecule has 0 amide bonds. The molecule has 0 unspecified atom stereocenters. The average molecular weight is 329 g/mol. The molecular formula is C15H24N2O2S2. The molecule has 4 nitrogen and oxygen atoms in total. The van der Waals surface area contributed by atoms with Gasteiger partial charge in [0.15, 0.2) is 0 Å². The fourth-order valence-corrected chi connectivity index (χ4v) is 5.86. The second-order valence-electron chi connectivity index (χ2n) is 7.36. The SMILES string of the molecule is CC1(C)C(NS(=O)(=O)c2ccsc2CNC2CC2)C1(C)C. The van der Waals surface area contributed by atoms with E-state index in [-0.39, 0.29) is 16.9 Å². The molecule has 0 aromatic carbocycles. The van der Waals surface area contributed by atoms with Crippen LogP contribution >= 0.6 is 11.3 Å². The molecule has 0 aliphatic heterocycles. The number of hydrogen-bond donors (Lipinski definition) is 2. The van der Waals surface area contributed by atoms with Crippen LogP contribution in [0.2, 0.25) is 0 Å². The van der Waals surface area contributed by atoms with Crippen molar-refractivity contribution in [3.8, 4) is 0 Å². The van der Waals surface area contributed by atoms with Crippen LogP contribution in [0.3, 0.4) is 0 Å². The first-order chi connectivity index (χ1) is 9.66. The first kappa shape index (κ1) is 15.5. The van der Waals surface area contributed by atoms with Gasteiger partial charge in [0.1, 0.15) is 0 Å². The van der Waals surface area contributed by atoms with Gasteiger partial charge in [0, 0.05) is 23.5 Å². The molecule has 2 saturated carbocycles. The summed E-state index contributed by atoms with van der Waals surface area (Å²) in [4.78, 5) is 1.35. The number of hydrogen-bond acceptors (Lipinski definition) is 4. The molecule has 118 valence electrons. The van der Waals surface area contributed by atoms with Crippen molar-refractivity contribution >= 4 is 21.4 Å². The number of nitrogens with one attached hydrogen (secondary N) is 2. The molecule has 21 heavy (non-hydrogen) atoms. The fraction of sp³-hybridized carbons (Fsp3) is 0.733. The zero-order chi connectivity index (χ0) is 15.5. The minimum absolute atomic E-state index is 0.000795. The number of sulfonamides is 1. The first-order valence-electron chi connectivity index (χ1n) is 7.48. The van der Waals surface area contributed by atoms with Crippen molar-refractivity contribution in [2.24, 2.45) is 10.8 Å². The Morgan fingerprint density at radius 3 is 2.38 bits per heavy atom. The molecule has 1 heterocycles. The molecule has 2 fully saturated rings. The Bertz CT molecular complexity index is 628. The highest BCUT2D eigenvalue weighted by Gasteiger charge is 2.66. The van der Waals surface area contributed by atoms with E-state index in [9.17, 15) is 8.42 Å². The minimum atomic E-state index is -3.43. The predicted molar refractivity (Wildman–Crippen MR) is 85.9 cm³/mol. The Hall–Kier alpha value is -0.430. The van der Waals surface area contributed by atoms with Crippen LogP contribution < -0.4 is 10.0 Å². The smallest absolute Gasteiger partial charge is 0.242 e. The second kappa shape index (κ2) is 4.78. The van der Waals surface area contributed by atoms with Crippen LogP contribution in [-0.2, 0) is 16.6 Å². The van der Waals surface area contributed by atoms with Gasteiger partial charge < -0.3 is 5.32 Å². The highest BCUT2D eigenvalue weighted by atomic mass is 32.2. The average Bonchev–Trinajstić information content (AvgIpc) is 3.18. The maximum absolute atomic E-state index is 12.7. The van der Waals surface area contributed by atoms with Crippen LogP contribution in [-0.4, -0.2) is 20.5 Å². The molecule has 1 aromatic heterocycles. The topological polar surface area (TPSA) is 58.2 Å². The molecule has 2 aliphatic carbocycles. The van der Waals surface area contributed by atoms with Gasteiger partial charge in [-0.3, -0.25) is 0 Å². The third-order valence-electron chi connectivity index (χ3n) is 5.42.